The Hall–Kier alpha value is -2.35. The van der Waals surface area contributed by atoms with E-state index < -0.39 is 24.0 Å². The molecular weight excluding hydrogens is 620 g/mol. The molecule has 3 fully saturated rings. The number of urea groups is 1. The van der Waals surface area contributed by atoms with Gasteiger partial charge >= 0.3 is 12.2 Å². The minimum atomic E-state index is -4.51. The van der Waals surface area contributed by atoms with Gasteiger partial charge < -0.3 is 24.7 Å². The Kier molecular flexibility index (Phi) is 10.8. The van der Waals surface area contributed by atoms with Gasteiger partial charge in [-0.15, -0.1) is 11.8 Å². The molecule has 46 heavy (non-hydrogen) atoms. The fraction of sp³-hybridized carbons (Fsp3) is 0.697. The summed E-state index contributed by atoms with van der Waals surface area (Å²) < 4.78 is 57.8. The molecule has 0 spiro atoms. The number of alkyl halides is 4. The summed E-state index contributed by atoms with van der Waals surface area (Å²) in [7, 11) is 0. The number of β-amino-alcohol motifs (C(OH)–C–C–N with tert-alkyl or cyclic N) is 1. The van der Waals surface area contributed by atoms with Gasteiger partial charge in [0.1, 0.15) is 6.17 Å². The lowest BCUT2D eigenvalue weighted by Crippen LogP contribution is -2.44. The SMILES string of the molecule is O=C(N1CCCC1)N1CCc2c(c(-c3ccc(C(F)(F)F)c(SCCN4CCC(F)CC4)c3)nn2C[C@@H](O)CN2CCCCC2)C1. The molecule has 1 aromatic heterocycles. The molecule has 8 nitrogen and oxygen atoms in total. The van der Waals surface area contributed by atoms with Crippen LogP contribution in [-0.4, -0.2) is 117 Å². The zero-order valence-electron chi connectivity index (χ0n) is 26.5. The van der Waals surface area contributed by atoms with E-state index in [1.54, 1.807) is 6.07 Å². The van der Waals surface area contributed by atoms with E-state index in [-0.39, 0.29) is 17.5 Å². The molecule has 1 aromatic carbocycles. The number of carbonyl (C=O) groups is 1. The van der Waals surface area contributed by atoms with Crippen LogP contribution in [0.1, 0.15) is 61.8 Å². The molecule has 2 aromatic rings. The first-order valence-electron chi connectivity index (χ1n) is 16.9. The zero-order chi connectivity index (χ0) is 32.3. The van der Waals surface area contributed by atoms with Crippen molar-refractivity contribution in [3.05, 3.63) is 35.0 Å². The van der Waals surface area contributed by atoms with Gasteiger partial charge in [-0.1, -0.05) is 12.5 Å². The predicted molar refractivity (Wildman–Crippen MR) is 171 cm³/mol. The van der Waals surface area contributed by atoms with Crippen LogP contribution >= 0.6 is 11.8 Å². The van der Waals surface area contributed by atoms with Crippen molar-refractivity contribution in [3.63, 3.8) is 0 Å². The molecule has 5 heterocycles. The third kappa shape index (κ3) is 8.02. The highest BCUT2D eigenvalue weighted by atomic mass is 32.2. The van der Waals surface area contributed by atoms with E-state index in [9.17, 15) is 27.5 Å². The van der Waals surface area contributed by atoms with Crippen LogP contribution in [0.3, 0.4) is 0 Å². The molecule has 254 valence electrons. The number of hydrogen-bond donors (Lipinski definition) is 1. The molecule has 0 saturated carbocycles. The van der Waals surface area contributed by atoms with E-state index in [0.717, 1.165) is 69.2 Å². The highest BCUT2D eigenvalue weighted by Crippen LogP contribution is 2.40. The molecule has 0 unspecified atom stereocenters. The van der Waals surface area contributed by atoms with Crippen LogP contribution in [0.2, 0.25) is 0 Å². The second kappa shape index (κ2) is 14.8. The fourth-order valence-electron chi connectivity index (χ4n) is 7.28. The average Bonchev–Trinajstić information content (AvgIpc) is 3.70. The Bertz CT molecular complexity index is 1340. The van der Waals surface area contributed by atoms with Crippen molar-refractivity contribution in [3.8, 4) is 11.3 Å². The first kappa shape index (κ1) is 33.5. The number of aliphatic hydroxyl groups is 1. The predicted octanol–water partition coefficient (Wildman–Crippen LogP) is 5.52. The lowest BCUT2D eigenvalue weighted by molar-refractivity contribution is -0.139. The van der Waals surface area contributed by atoms with Crippen LogP contribution in [0, 0.1) is 0 Å². The number of thioether (sulfide) groups is 1. The number of nitrogens with zero attached hydrogens (tertiary/aromatic N) is 6. The first-order chi connectivity index (χ1) is 22.2. The van der Waals surface area contributed by atoms with Gasteiger partial charge in [0, 0.05) is 79.7 Å². The van der Waals surface area contributed by atoms with Crippen LogP contribution in [0.25, 0.3) is 11.3 Å². The topological polar surface area (TPSA) is 68.1 Å². The van der Waals surface area contributed by atoms with Gasteiger partial charge in [0.15, 0.2) is 0 Å². The van der Waals surface area contributed by atoms with Crippen LogP contribution < -0.4 is 0 Å². The summed E-state index contributed by atoms with van der Waals surface area (Å²) in [5, 5.41) is 16.0. The number of piperidine rings is 2. The minimum absolute atomic E-state index is 0.00700. The molecule has 6 rings (SSSR count). The smallest absolute Gasteiger partial charge is 0.390 e. The Balaban J connectivity index is 1.27. The maximum absolute atomic E-state index is 14.1. The summed E-state index contributed by atoms with van der Waals surface area (Å²) in [5.74, 6) is 0.455. The number of hydrogen-bond acceptors (Lipinski definition) is 6. The summed E-state index contributed by atoms with van der Waals surface area (Å²) in [4.78, 5) is 21.6. The summed E-state index contributed by atoms with van der Waals surface area (Å²) in [5.41, 5.74) is 2.24. The number of aliphatic hydroxyl groups excluding tert-OH is 1. The van der Waals surface area contributed by atoms with Crippen LogP contribution in [0.4, 0.5) is 22.4 Å². The summed E-state index contributed by atoms with van der Waals surface area (Å²) >= 11 is 1.17. The third-order valence-electron chi connectivity index (χ3n) is 9.83. The van der Waals surface area contributed by atoms with E-state index in [1.165, 1.54) is 24.2 Å². The monoisotopic (exact) mass is 666 g/mol. The largest absolute Gasteiger partial charge is 0.417 e. The van der Waals surface area contributed by atoms with Gasteiger partial charge in [-0.2, -0.15) is 18.3 Å². The molecule has 1 N–H and O–H groups in total. The van der Waals surface area contributed by atoms with Gasteiger partial charge in [-0.3, -0.25) is 4.68 Å². The molecule has 0 radical (unpaired) electrons. The van der Waals surface area contributed by atoms with E-state index in [0.29, 0.717) is 75.5 Å². The molecule has 13 heteroatoms. The molecule has 4 aliphatic heterocycles. The van der Waals surface area contributed by atoms with Crippen LogP contribution in [0.15, 0.2) is 23.1 Å². The Morgan fingerprint density at radius 2 is 1.65 bits per heavy atom. The van der Waals surface area contributed by atoms with Gasteiger partial charge in [-0.05, 0) is 63.7 Å². The molecular formula is C33H46F4N6O2S. The van der Waals surface area contributed by atoms with Crippen molar-refractivity contribution in [1.82, 2.24) is 29.4 Å². The molecule has 0 bridgehead atoms. The van der Waals surface area contributed by atoms with E-state index in [2.05, 4.69) is 9.80 Å². The number of fused-ring (bicyclic) bond motifs is 1. The lowest BCUT2D eigenvalue weighted by Gasteiger charge is -2.32. The van der Waals surface area contributed by atoms with Crippen molar-refractivity contribution in [2.75, 3.05) is 64.7 Å². The maximum atomic E-state index is 14.1. The zero-order valence-corrected chi connectivity index (χ0v) is 27.3. The van der Waals surface area contributed by atoms with Crippen LogP contribution in [-0.2, 0) is 25.7 Å². The number of rotatable bonds is 9. The molecule has 1 atom stereocenters. The van der Waals surface area contributed by atoms with E-state index >= 15 is 0 Å². The normalized spacial score (nSPS) is 21.2. The van der Waals surface area contributed by atoms with Gasteiger partial charge in [0.25, 0.3) is 0 Å². The van der Waals surface area contributed by atoms with Crippen LogP contribution in [0.5, 0.6) is 0 Å². The van der Waals surface area contributed by atoms with Gasteiger partial charge in [0.2, 0.25) is 0 Å². The first-order valence-corrected chi connectivity index (χ1v) is 17.9. The van der Waals surface area contributed by atoms with Crippen molar-refractivity contribution in [2.24, 2.45) is 0 Å². The Morgan fingerprint density at radius 1 is 0.935 bits per heavy atom. The molecule has 2 amide bonds. The van der Waals surface area contributed by atoms with Crippen molar-refractivity contribution >= 4 is 17.8 Å². The average molecular weight is 667 g/mol. The quantitative estimate of drug-likeness (QED) is 0.281. The summed E-state index contributed by atoms with van der Waals surface area (Å²) in [6.45, 7) is 6.93. The number of amides is 2. The second-order valence-corrected chi connectivity index (χ2v) is 14.3. The standard InChI is InChI=1S/C33H46F4N6O2S/c34-25-8-15-39(16-9-25)18-19-46-30-20-24(6-7-28(30)33(35,36)37)31-27-23-42(32(45)41-13-4-5-14-41)17-10-29(27)43(38-31)22-26(44)21-40-11-2-1-3-12-40/h6-7,20,25-26,44H,1-5,8-19,21-23H2/t26-/m0/s1. The highest BCUT2D eigenvalue weighted by Gasteiger charge is 2.35. The summed E-state index contributed by atoms with van der Waals surface area (Å²) in [6.07, 6.45) is 0.985. The number of aromatic nitrogens is 2. The van der Waals surface area contributed by atoms with E-state index in [1.807, 2.05) is 14.5 Å². The van der Waals surface area contributed by atoms with Crippen molar-refractivity contribution in [1.29, 1.82) is 0 Å². The molecule has 3 saturated heterocycles. The van der Waals surface area contributed by atoms with Gasteiger partial charge in [0.05, 0.1) is 30.5 Å². The molecule has 0 aliphatic carbocycles. The number of halogens is 4. The number of benzene rings is 1. The number of carbonyl (C=O) groups excluding carboxylic acids is 1. The lowest BCUT2D eigenvalue weighted by atomic mass is 10.00. The molecule has 4 aliphatic rings. The number of likely N-dealkylation sites (tertiary alicyclic amines) is 3. The highest BCUT2D eigenvalue weighted by molar-refractivity contribution is 7.99. The Morgan fingerprint density at radius 3 is 2.37 bits per heavy atom. The van der Waals surface area contributed by atoms with Gasteiger partial charge in [-0.25, -0.2) is 9.18 Å². The van der Waals surface area contributed by atoms with E-state index in [4.69, 9.17) is 5.10 Å². The fourth-order valence-corrected chi connectivity index (χ4v) is 8.39. The van der Waals surface area contributed by atoms with Crippen molar-refractivity contribution in [2.45, 2.75) is 87.8 Å². The van der Waals surface area contributed by atoms with Crippen molar-refractivity contribution < 1.29 is 27.5 Å². The maximum Gasteiger partial charge on any atom is 0.417 e. The minimum Gasteiger partial charge on any atom is -0.390 e. The second-order valence-electron chi connectivity index (χ2n) is 13.2. The third-order valence-corrected chi connectivity index (χ3v) is 10.9. The Labute approximate surface area is 273 Å². The summed E-state index contributed by atoms with van der Waals surface area (Å²) in [6, 6.07) is 4.20.